The van der Waals surface area contributed by atoms with E-state index in [9.17, 15) is 4.79 Å². The highest BCUT2D eigenvalue weighted by Crippen LogP contribution is 2.46. The van der Waals surface area contributed by atoms with Gasteiger partial charge < -0.3 is 15.6 Å². The van der Waals surface area contributed by atoms with Crippen LogP contribution in [0, 0.1) is 24.7 Å². The molecule has 0 spiro atoms. The van der Waals surface area contributed by atoms with E-state index in [4.69, 9.17) is 5.73 Å². The van der Waals surface area contributed by atoms with Crippen LogP contribution in [0.4, 0.5) is 5.95 Å². The maximum Gasteiger partial charge on any atom is 0.274 e. The average Bonchev–Trinajstić information content (AvgIpc) is 3.38. The van der Waals surface area contributed by atoms with Crippen molar-refractivity contribution in [2.45, 2.75) is 57.5 Å². The molecular formula is C19H29N5O. The third-order valence-corrected chi connectivity index (χ3v) is 6.99. The second kappa shape index (κ2) is 5.73. The second-order valence-electron chi connectivity index (χ2n) is 8.77. The molecule has 0 radical (unpaired) electrons. The summed E-state index contributed by atoms with van der Waals surface area (Å²) in [6.45, 7) is 4.83. The smallest absolute Gasteiger partial charge is 0.274 e. The van der Waals surface area contributed by atoms with Crippen LogP contribution >= 0.6 is 0 Å². The van der Waals surface area contributed by atoms with Crippen LogP contribution in [0.2, 0.25) is 0 Å². The fourth-order valence-corrected chi connectivity index (χ4v) is 5.84. The number of nitrogen functional groups attached to an aromatic ring is 1. The molecule has 0 unspecified atom stereocenters. The lowest BCUT2D eigenvalue weighted by atomic mass is 9.74. The average molecular weight is 343 g/mol. The molecule has 1 amide bonds. The number of hydrogen-bond donors (Lipinski definition) is 2. The fraction of sp³-hybridized carbons (Fsp3) is 0.789. The van der Waals surface area contributed by atoms with Gasteiger partial charge in [0, 0.05) is 37.4 Å². The molecule has 4 heterocycles. The zero-order valence-electron chi connectivity index (χ0n) is 15.1. The number of amides is 1. The van der Waals surface area contributed by atoms with E-state index in [2.05, 4.69) is 19.8 Å². The number of nitrogens with zero attached hydrogens (tertiary/aromatic N) is 3. The number of anilines is 1. The first-order valence-corrected chi connectivity index (χ1v) is 9.97. The van der Waals surface area contributed by atoms with Crippen molar-refractivity contribution in [2.24, 2.45) is 17.8 Å². The van der Waals surface area contributed by atoms with Gasteiger partial charge in [-0.15, -0.1) is 0 Å². The summed E-state index contributed by atoms with van der Waals surface area (Å²) in [5, 5.41) is 0. The standard InChI is InChI=1S/C19H29N5O/c1-11-17(22-19(20)21-11)18(25)23-8-12-7-14(10-23)16-4-2-3-15(13-5-6-13)24(16)9-12/h12-16H,2-10H2,1H3,(H3,20,21,22)/t12-,14+,15+,16-/m0/s1. The van der Waals surface area contributed by atoms with Crippen molar-refractivity contribution in [3.63, 3.8) is 0 Å². The van der Waals surface area contributed by atoms with E-state index < -0.39 is 0 Å². The molecule has 6 nitrogen and oxygen atoms in total. The number of hydrogen-bond acceptors (Lipinski definition) is 4. The third-order valence-electron chi connectivity index (χ3n) is 6.99. The Balaban J connectivity index is 1.35. The molecule has 2 bridgehead atoms. The molecule has 1 saturated carbocycles. The summed E-state index contributed by atoms with van der Waals surface area (Å²) < 4.78 is 0. The molecule has 3 aliphatic heterocycles. The minimum Gasteiger partial charge on any atom is -0.369 e. The van der Waals surface area contributed by atoms with Gasteiger partial charge in [0.1, 0.15) is 0 Å². The predicted molar refractivity (Wildman–Crippen MR) is 96.1 cm³/mol. The molecule has 3 saturated heterocycles. The number of aromatic amines is 1. The van der Waals surface area contributed by atoms with Gasteiger partial charge in [-0.2, -0.15) is 0 Å². The second-order valence-corrected chi connectivity index (χ2v) is 8.77. The van der Waals surface area contributed by atoms with Gasteiger partial charge in [0.05, 0.1) is 0 Å². The van der Waals surface area contributed by atoms with Gasteiger partial charge in [0.25, 0.3) is 5.91 Å². The van der Waals surface area contributed by atoms with Gasteiger partial charge in [-0.3, -0.25) is 9.69 Å². The van der Waals surface area contributed by atoms with Gasteiger partial charge >= 0.3 is 0 Å². The third kappa shape index (κ3) is 2.65. The van der Waals surface area contributed by atoms with Crippen molar-refractivity contribution < 1.29 is 4.79 Å². The van der Waals surface area contributed by atoms with E-state index in [0.29, 0.717) is 29.5 Å². The number of piperidine rings is 3. The zero-order valence-corrected chi connectivity index (χ0v) is 15.1. The number of aryl methyl sites for hydroxylation is 1. The molecule has 4 aliphatic rings. The Morgan fingerprint density at radius 3 is 2.56 bits per heavy atom. The number of rotatable bonds is 2. The van der Waals surface area contributed by atoms with Gasteiger partial charge in [-0.05, 0) is 56.8 Å². The van der Waals surface area contributed by atoms with Gasteiger partial charge in [0.15, 0.2) is 11.6 Å². The Labute approximate surface area is 149 Å². The van der Waals surface area contributed by atoms with Crippen LogP contribution in [-0.4, -0.2) is 57.4 Å². The van der Waals surface area contributed by atoms with Crippen LogP contribution in [-0.2, 0) is 0 Å². The maximum atomic E-state index is 13.0. The van der Waals surface area contributed by atoms with E-state index in [1.165, 1.54) is 45.1 Å². The van der Waals surface area contributed by atoms with Crippen molar-refractivity contribution in [3.8, 4) is 0 Å². The molecule has 0 aromatic carbocycles. The first-order chi connectivity index (χ1) is 12.1. The molecule has 1 aromatic heterocycles. The lowest BCUT2D eigenvalue weighted by Gasteiger charge is -2.55. The number of fused-ring (bicyclic) bond motifs is 4. The number of carbonyl (C=O) groups is 1. The Bertz CT molecular complexity index is 681. The number of likely N-dealkylation sites (tertiary alicyclic amines) is 1. The van der Waals surface area contributed by atoms with Gasteiger partial charge in [-0.1, -0.05) is 6.42 Å². The highest BCUT2D eigenvalue weighted by Gasteiger charge is 2.48. The van der Waals surface area contributed by atoms with Crippen LogP contribution in [0.5, 0.6) is 0 Å². The number of carbonyl (C=O) groups excluding carboxylic acids is 1. The number of nitrogens with one attached hydrogen (secondary N) is 1. The zero-order chi connectivity index (χ0) is 17.1. The molecule has 1 aliphatic carbocycles. The molecule has 6 heteroatoms. The van der Waals surface area contributed by atoms with Crippen molar-refractivity contribution in [3.05, 3.63) is 11.4 Å². The van der Waals surface area contributed by atoms with Crippen LogP contribution in [0.25, 0.3) is 0 Å². The molecule has 25 heavy (non-hydrogen) atoms. The van der Waals surface area contributed by atoms with E-state index >= 15 is 0 Å². The number of imidazole rings is 1. The molecule has 4 atom stereocenters. The van der Waals surface area contributed by atoms with Crippen LogP contribution in [0.15, 0.2) is 0 Å². The summed E-state index contributed by atoms with van der Waals surface area (Å²) in [6, 6.07) is 1.52. The van der Waals surface area contributed by atoms with Gasteiger partial charge in [-0.25, -0.2) is 4.98 Å². The first-order valence-electron chi connectivity index (χ1n) is 9.97. The summed E-state index contributed by atoms with van der Waals surface area (Å²) in [7, 11) is 0. The minimum atomic E-state index is 0.0585. The first kappa shape index (κ1) is 15.7. The van der Waals surface area contributed by atoms with E-state index in [1.54, 1.807) is 0 Å². The highest BCUT2D eigenvalue weighted by atomic mass is 16.2. The quantitative estimate of drug-likeness (QED) is 0.861. The largest absolute Gasteiger partial charge is 0.369 e. The summed E-state index contributed by atoms with van der Waals surface area (Å²) >= 11 is 0. The highest BCUT2D eigenvalue weighted by molar-refractivity contribution is 5.94. The molecule has 1 aromatic rings. The summed E-state index contributed by atoms with van der Waals surface area (Å²) in [6.07, 6.45) is 8.25. The Hall–Kier alpha value is -1.56. The monoisotopic (exact) mass is 343 g/mol. The summed E-state index contributed by atoms with van der Waals surface area (Å²) in [5.74, 6) is 2.62. The minimum absolute atomic E-state index is 0.0585. The van der Waals surface area contributed by atoms with Crippen LogP contribution < -0.4 is 5.73 Å². The van der Waals surface area contributed by atoms with E-state index in [1.807, 2.05) is 6.92 Å². The number of H-pyrrole nitrogens is 1. The summed E-state index contributed by atoms with van der Waals surface area (Å²) in [4.78, 5) is 25.1. The summed E-state index contributed by atoms with van der Waals surface area (Å²) in [5.41, 5.74) is 7.02. The van der Waals surface area contributed by atoms with Crippen molar-refractivity contribution in [2.75, 3.05) is 25.4 Å². The fourth-order valence-electron chi connectivity index (χ4n) is 5.84. The van der Waals surface area contributed by atoms with Gasteiger partial charge in [0.2, 0.25) is 0 Å². The Morgan fingerprint density at radius 2 is 1.88 bits per heavy atom. The molecule has 136 valence electrons. The van der Waals surface area contributed by atoms with Crippen LogP contribution in [0.3, 0.4) is 0 Å². The van der Waals surface area contributed by atoms with Crippen LogP contribution in [0.1, 0.15) is 54.7 Å². The lowest BCUT2D eigenvalue weighted by molar-refractivity contribution is -0.0551. The van der Waals surface area contributed by atoms with E-state index in [-0.39, 0.29) is 5.91 Å². The molecule has 4 fully saturated rings. The lowest BCUT2D eigenvalue weighted by Crippen LogP contribution is -2.62. The SMILES string of the molecule is Cc1[nH]c(N)nc1C(=O)N1C[C@@H]2C[C@H](C1)[C@@H]1CCC[C@H](C3CC3)N1C2. The van der Waals surface area contributed by atoms with Crippen molar-refractivity contribution >= 4 is 11.9 Å². The normalized spacial score (nSPS) is 35.5. The molecule has 3 N–H and O–H groups in total. The number of aromatic nitrogens is 2. The van der Waals surface area contributed by atoms with Crippen molar-refractivity contribution in [1.82, 2.24) is 19.8 Å². The van der Waals surface area contributed by atoms with E-state index in [0.717, 1.165) is 30.7 Å². The topological polar surface area (TPSA) is 78.2 Å². The van der Waals surface area contributed by atoms with Crippen molar-refractivity contribution in [1.29, 1.82) is 0 Å². The Morgan fingerprint density at radius 1 is 1.12 bits per heavy atom. The maximum absolute atomic E-state index is 13.0. The predicted octanol–water partition coefficient (Wildman–Crippen LogP) is 2.03. The Kier molecular flexibility index (Phi) is 3.59. The number of nitrogens with two attached hydrogens (primary N) is 1. The molecule has 5 rings (SSSR count). The molecular weight excluding hydrogens is 314 g/mol.